The zero-order chi connectivity index (χ0) is 13.0. The molecule has 0 amide bonds. The van der Waals surface area contributed by atoms with E-state index in [0.717, 1.165) is 6.42 Å². The van der Waals surface area contributed by atoms with Gasteiger partial charge < -0.3 is 5.11 Å². The lowest BCUT2D eigenvalue weighted by atomic mass is 9.83. The number of aliphatic hydroxyl groups is 1. The molecule has 4 nitrogen and oxygen atoms in total. The van der Waals surface area contributed by atoms with Crippen molar-refractivity contribution in [3.63, 3.8) is 0 Å². The molecule has 2 N–H and O–H groups in total. The highest BCUT2D eigenvalue weighted by molar-refractivity contribution is 7.89. The van der Waals surface area contributed by atoms with Gasteiger partial charge in [-0.1, -0.05) is 37.5 Å². The molecule has 0 heterocycles. The third-order valence-corrected chi connectivity index (χ3v) is 5.06. The fourth-order valence-electron chi connectivity index (χ4n) is 2.15. The smallest absolute Gasteiger partial charge is 0.240 e. The fourth-order valence-corrected chi connectivity index (χ4v) is 3.43. The summed E-state index contributed by atoms with van der Waals surface area (Å²) >= 11 is 0. The van der Waals surface area contributed by atoms with Crippen LogP contribution in [0.3, 0.4) is 0 Å². The Morgan fingerprint density at radius 3 is 2.61 bits per heavy atom. The second kappa shape index (κ2) is 5.82. The average Bonchev–Trinajstić information content (AvgIpc) is 2.32. The minimum atomic E-state index is -3.49. The van der Waals surface area contributed by atoms with Crippen molar-refractivity contribution in [2.75, 3.05) is 6.54 Å². The molecule has 1 saturated carbocycles. The standard InChI is InChI=1S/C13H19NO3S/c15-10-12-6-1-2-7-13(12)18(16,17)14-9-8-11-4-3-5-11/h1-2,6-7,11,14-15H,3-5,8-10H2. The fraction of sp³-hybridized carbons (Fsp3) is 0.538. The van der Waals surface area contributed by atoms with Crippen molar-refractivity contribution in [3.05, 3.63) is 29.8 Å². The van der Waals surface area contributed by atoms with Crippen LogP contribution >= 0.6 is 0 Å². The lowest BCUT2D eigenvalue weighted by Gasteiger charge is -2.25. The van der Waals surface area contributed by atoms with Gasteiger partial charge in [-0.3, -0.25) is 0 Å². The first-order valence-corrected chi connectivity index (χ1v) is 7.80. The van der Waals surface area contributed by atoms with E-state index >= 15 is 0 Å². The summed E-state index contributed by atoms with van der Waals surface area (Å²) in [6.07, 6.45) is 4.61. The van der Waals surface area contributed by atoms with Gasteiger partial charge in [-0.2, -0.15) is 0 Å². The summed E-state index contributed by atoms with van der Waals surface area (Å²) in [6, 6.07) is 6.54. The summed E-state index contributed by atoms with van der Waals surface area (Å²) < 4.78 is 26.8. The van der Waals surface area contributed by atoms with Crippen molar-refractivity contribution in [2.45, 2.75) is 37.2 Å². The summed E-state index contributed by atoms with van der Waals surface area (Å²) in [7, 11) is -3.49. The van der Waals surface area contributed by atoms with E-state index < -0.39 is 10.0 Å². The van der Waals surface area contributed by atoms with Gasteiger partial charge in [0, 0.05) is 6.54 Å². The second-order valence-corrected chi connectivity index (χ2v) is 6.48. The Bertz CT molecular complexity index is 495. The summed E-state index contributed by atoms with van der Waals surface area (Å²) in [4.78, 5) is 0.182. The molecule has 18 heavy (non-hydrogen) atoms. The van der Waals surface area contributed by atoms with E-state index in [-0.39, 0.29) is 11.5 Å². The molecule has 0 aromatic heterocycles. The van der Waals surface area contributed by atoms with Gasteiger partial charge in [-0.05, 0) is 24.0 Å². The Balaban J connectivity index is 2.00. The molecular formula is C13H19NO3S. The molecule has 0 saturated heterocycles. The Kier molecular flexibility index (Phi) is 4.37. The third kappa shape index (κ3) is 3.10. The zero-order valence-corrected chi connectivity index (χ0v) is 11.1. The molecule has 1 aromatic rings. The highest BCUT2D eigenvalue weighted by Gasteiger charge is 2.20. The van der Waals surface area contributed by atoms with Crippen LogP contribution in [0.15, 0.2) is 29.2 Å². The van der Waals surface area contributed by atoms with E-state index in [0.29, 0.717) is 18.0 Å². The van der Waals surface area contributed by atoms with E-state index in [1.165, 1.54) is 25.3 Å². The Hall–Kier alpha value is -0.910. The summed E-state index contributed by atoms with van der Waals surface area (Å²) in [6.45, 7) is 0.215. The maximum Gasteiger partial charge on any atom is 0.240 e. The number of hydrogen-bond acceptors (Lipinski definition) is 3. The molecule has 100 valence electrons. The van der Waals surface area contributed by atoms with Gasteiger partial charge in [0.15, 0.2) is 0 Å². The molecular weight excluding hydrogens is 250 g/mol. The number of aliphatic hydroxyl groups excluding tert-OH is 1. The maximum absolute atomic E-state index is 12.1. The molecule has 0 spiro atoms. The lowest BCUT2D eigenvalue weighted by molar-refractivity contribution is 0.278. The molecule has 1 aliphatic carbocycles. The van der Waals surface area contributed by atoms with Gasteiger partial charge in [0.25, 0.3) is 0 Å². The first kappa shape index (κ1) is 13.5. The van der Waals surface area contributed by atoms with Crippen molar-refractivity contribution in [1.29, 1.82) is 0 Å². The van der Waals surface area contributed by atoms with Crippen molar-refractivity contribution in [2.24, 2.45) is 5.92 Å². The van der Waals surface area contributed by atoms with Crippen LogP contribution in [0.25, 0.3) is 0 Å². The number of benzene rings is 1. The normalized spacial score (nSPS) is 16.5. The lowest BCUT2D eigenvalue weighted by Crippen LogP contribution is -2.28. The zero-order valence-electron chi connectivity index (χ0n) is 10.3. The first-order valence-electron chi connectivity index (χ1n) is 6.32. The van der Waals surface area contributed by atoms with E-state index in [4.69, 9.17) is 5.11 Å². The SMILES string of the molecule is O=S(=O)(NCCC1CCC1)c1ccccc1CO. The molecule has 1 fully saturated rings. The summed E-state index contributed by atoms with van der Waals surface area (Å²) in [5, 5.41) is 9.15. The Morgan fingerprint density at radius 2 is 2.00 bits per heavy atom. The number of hydrogen-bond donors (Lipinski definition) is 2. The monoisotopic (exact) mass is 269 g/mol. The molecule has 0 atom stereocenters. The van der Waals surface area contributed by atoms with Crippen LogP contribution < -0.4 is 4.72 Å². The van der Waals surface area contributed by atoms with Gasteiger partial charge in [0.2, 0.25) is 10.0 Å². The van der Waals surface area contributed by atoms with E-state index in [2.05, 4.69) is 4.72 Å². The second-order valence-electron chi connectivity index (χ2n) is 4.75. The van der Waals surface area contributed by atoms with Crippen LogP contribution in [-0.2, 0) is 16.6 Å². The highest BCUT2D eigenvalue weighted by Crippen LogP contribution is 2.28. The van der Waals surface area contributed by atoms with Crippen molar-refractivity contribution < 1.29 is 13.5 Å². The van der Waals surface area contributed by atoms with Gasteiger partial charge in [0.1, 0.15) is 0 Å². The third-order valence-electron chi connectivity index (χ3n) is 3.50. The van der Waals surface area contributed by atoms with Gasteiger partial charge in [0.05, 0.1) is 11.5 Å². The Labute approximate surface area is 108 Å². The van der Waals surface area contributed by atoms with Crippen molar-refractivity contribution in [3.8, 4) is 0 Å². The minimum absolute atomic E-state index is 0.182. The largest absolute Gasteiger partial charge is 0.392 e. The maximum atomic E-state index is 12.1. The first-order chi connectivity index (χ1) is 8.63. The van der Waals surface area contributed by atoms with E-state index in [9.17, 15) is 8.42 Å². The Morgan fingerprint density at radius 1 is 1.28 bits per heavy atom. The van der Waals surface area contributed by atoms with Crippen LogP contribution in [0.5, 0.6) is 0 Å². The van der Waals surface area contributed by atoms with Crippen LogP contribution in [-0.4, -0.2) is 20.1 Å². The molecule has 1 aliphatic rings. The minimum Gasteiger partial charge on any atom is -0.392 e. The summed E-state index contributed by atoms with van der Waals surface area (Å²) in [5.74, 6) is 0.681. The molecule has 0 radical (unpaired) electrons. The van der Waals surface area contributed by atoms with Gasteiger partial charge in [-0.25, -0.2) is 13.1 Å². The topological polar surface area (TPSA) is 66.4 Å². The van der Waals surface area contributed by atoms with Crippen LogP contribution in [0.4, 0.5) is 0 Å². The highest BCUT2D eigenvalue weighted by atomic mass is 32.2. The molecule has 1 aromatic carbocycles. The quantitative estimate of drug-likeness (QED) is 0.825. The molecule has 5 heteroatoms. The number of nitrogens with one attached hydrogen (secondary N) is 1. The summed E-state index contributed by atoms with van der Waals surface area (Å²) in [5.41, 5.74) is 0.439. The van der Waals surface area contributed by atoms with E-state index in [1.54, 1.807) is 18.2 Å². The predicted molar refractivity (Wildman–Crippen MR) is 69.5 cm³/mol. The van der Waals surface area contributed by atoms with Crippen LogP contribution in [0.1, 0.15) is 31.2 Å². The van der Waals surface area contributed by atoms with Gasteiger partial charge in [-0.15, -0.1) is 0 Å². The molecule has 2 rings (SSSR count). The average molecular weight is 269 g/mol. The number of rotatable bonds is 6. The molecule has 0 bridgehead atoms. The van der Waals surface area contributed by atoms with Crippen LogP contribution in [0, 0.1) is 5.92 Å². The van der Waals surface area contributed by atoms with E-state index in [1.807, 2.05) is 0 Å². The number of sulfonamides is 1. The van der Waals surface area contributed by atoms with Crippen LogP contribution in [0.2, 0.25) is 0 Å². The van der Waals surface area contributed by atoms with Gasteiger partial charge >= 0.3 is 0 Å². The van der Waals surface area contributed by atoms with Crippen molar-refractivity contribution >= 4 is 10.0 Å². The van der Waals surface area contributed by atoms with Crippen molar-refractivity contribution in [1.82, 2.24) is 4.72 Å². The predicted octanol–water partition coefficient (Wildman–Crippen LogP) is 1.65. The molecule has 0 unspecified atom stereocenters. The molecule has 0 aliphatic heterocycles.